The Morgan fingerprint density at radius 1 is 1.36 bits per heavy atom. The second kappa shape index (κ2) is 7.21. The molecule has 1 fully saturated rings. The molecule has 1 saturated heterocycles. The van der Waals surface area contributed by atoms with Crippen LogP contribution in [0, 0.1) is 0 Å². The quantitative estimate of drug-likeness (QED) is 0.342. The number of carbonyl (C=O) groups excluding carboxylic acids is 2. The highest BCUT2D eigenvalue weighted by atomic mass is 16.8. The first-order valence-electron chi connectivity index (χ1n) is 8.11. The van der Waals surface area contributed by atoms with Gasteiger partial charge in [-0.25, -0.2) is 0 Å². The predicted molar refractivity (Wildman–Crippen MR) is 88.3 cm³/mol. The molecular weight excluding hydrogens is 328 g/mol. The van der Waals surface area contributed by atoms with Crippen LogP contribution in [-0.2, 0) is 9.53 Å². The lowest BCUT2D eigenvalue weighted by Gasteiger charge is -2.29. The summed E-state index contributed by atoms with van der Waals surface area (Å²) in [5.74, 6) is -1.83. The molecule has 1 aromatic rings. The predicted octanol–water partition coefficient (Wildman–Crippen LogP) is 0.836. The fraction of sp³-hybridized carbons (Fsp3) is 0.556. The zero-order valence-corrected chi connectivity index (χ0v) is 14.6. The summed E-state index contributed by atoms with van der Waals surface area (Å²) in [7, 11) is 1.52. The average Bonchev–Trinajstić information content (AvgIpc) is 3.25. The Balaban J connectivity index is 1.82. The van der Waals surface area contributed by atoms with Gasteiger partial charge >= 0.3 is 0 Å². The highest BCUT2D eigenvalue weighted by Crippen LogP contribution is 2.46. The number of ketones is 2. The van der Waals surface area contributed by atoms with Crippen molar-refractivity contribution < 1.29 is 34.4 Å². The molecule has 25 heavy (non-hydrogen) atoms. The van der Waals surface area contributed by atoms with Crippen LogP contribution in [0.1, 0.15) is 43.5 Å². The molecule has 2 rings (SSSR count). The van der Waals surface area contributed by atoms with Gasteiger partial charge in [-0.1, -0.05) is 0 Å². The Labute approximate surface area is 146 Å². The van der Waals surface area contributed by atoms with Gasteiger partial charge in [-0.05, 0) is 44.5 Å². The standard InChI is InChI=1S/C18H24O7/c1-11(19)17(2,22)18(23)16(25-18)9-6-13(20)10-15(21)12-4-7-14(24-3)8-5-12/h4-5,7-8,11,16,19,22-23H,6,9-10H2,1-3H3/t11-,16-,17+,18+/m0/s1. The van der Waals surface area contributed by atoms with Crippen molar-refractivity contribution in [3.8, 4) is 5.75 Å². The van der Waals surface area contributed by atoms with Gasteiger partial charge in [-0.15, -0.1) is 0 Å². The Hall–Kier alpha value is -1.80. The lowest BCUT2D eigenvalue weighted by molar-refractivity contribution is -0.182. The highest BCUT2D eigenvalue weighted by Gasteiger charge is 2.67. The van der Waals surface area contributed by atoms with Crippen molar-refractivity contribution in [2.45, 2.75) is 56.7 Å². The minimum atomic E-state index is -1.87. The number of benzene rings is 1. The molecule has 0 aliphatic carbocycles. The third kappa shape index (κ3) is 4.07. The summed E-state index contributed by atoms with van der Waals surface area (Å²) in [4.78, 5) is 24.1. The molecule has 0 bridgehead atoms. The Kier molecular flexibility index (Phi) is 5.63. The molecule has 1 aliphatic rings. The first kappa shape index (κ1) is 19.5. The molecule has 0 amide bonds. The number of aliphatic hydroxyl groups is 3. The smallest absolute Gasteiger partial charge is 0.225 e. The summed E-state index contributed by atoms with van der Waals surface area (Å²) < 4.78 is 10.1. The topological polar surface area (TPSA) is 117 Å². The second-order valence-electron chi connectivity index (χ2n) is 6.53. The van der Waals surface area contributed by atoms with Gasteiger partial charge in [-0.3, -0.25) is 9.59 Å². The van der Waals surface area contributed by atoms with E-state index >= 15 is 0 Å². The number of carbonyl (C=O) groups is 2. The van der Waals surface area contributed by atoms with E-state index in [0.717, 1.165) is 0 Å². The number of hydrogen-bond donors (Lipinski definition) is 3. The lowest BCUT2D eigenvalue weighted by Crippen LogP contribution is -2.52. The zero-order chi connectivity index (χ0) is 18.8. The summed E-state index contributed by atoms with van der Waals surface area (Å²) in [5, 5.41) is 29.8. The van der Waals surface area contributed by atoms with E-state index in [9.17, 15) is 24.9 Å². The Morgan fingerprint density at radius 3 is 2.48 bits per heavy atom. The fourth-order valence-electron chi connectivity index (χ4n) is 2.62. The van der Waals surface area contributed by atoms with Crippen LogP contribution in [-0.4, -0.2) is 57.6 Å². The SMILES string of the molecule is COc1ccc(C(=O)CC(=O)CC[C@@H]2O[C@@]2(O)[C@](C)(O)[C@H](C)O)cc1. The van der Waals surface area contributed by atoms with Crippen molar-refractivity contribution in [3.63, 3.8) is 0 Å². The van der Waals surface area contributed by atoms with Crippen LogP contribution >= 0.6 is 0 Å². The molecule has 0 aromatic heterocycles. The molecule has 1 aromatic carbocycles. The molecule has 3 N–H and O–H groups in total. The van der Waals surface area contributed by atoms with E-state index in [1.54, 1.807) is 24.3 Å². The van der Waals surface area contributed by atoms with E-state index in [4.69, 9.17) is 9.47 Å². The molecule has 0 radical (unpaired) electrons. The van der Waals surface area contributed by atoms with Gasteiger partial charge in [0, 0.05) is 12.0 Å². The maximum atomic E-state index is 12.1. The zero-order valence-electron chi connectivity index (χ0n) is 14.6. The van der Waals surface area contributed by atoms with Crippen LogP contribution in [0.5, 0.6) is 5.75 Å². The number of aliphatic hydroxyl groups excluding tert-OH is 1. The van der Waals surface area contributed by atoms with Gasteiger partial charge in [0.25, 0.3) is 0 Å². The lowest BCUT2D eigenvalue weighted by atomic mass is 9.89. The van der Waals surface area contributed by atoms with E-state index in [1.807, 2.05) is 0 Å². The maximum absolute atomic E-state index is 12.1. The molecular formula is C18H24O7. The normalized spacial score (nSPS) is 25.8. The number of rotatable bonds is 9. The van der Waals surface area contributed by atoms with Crippen LogP contribution < -0.4 is 4.74 Å². The monoisotopic (exact) mass is 352 g/mol. The molecule has 7 heteroatoms. The van der Waals surface area contributed by atoms with Crippen LogP contribution in [0.15, 0.2) is 24.3 Å². The summed E-state index contributed by atoms with van der Waals surface area (Å²) in [5.41, 5.74) is -1.41. The van der Waals surface area contributed by atoms with Crippen LogP contribution in [0.2, 0.25) is 0 Å². The van der Waals surface area contributed by atoms with Gasteiger partial charge in [0.15, 0.2) is 5.78 Å². The minimum absolute atomic E-state index is 0.0325. The Bertz CT molecular complexity index is 635. The Morgan fingerprint density at radius 2 is 1.96 bits per heavy atom. The molecule has 0 saturated carbocycles. The summed E-state index contributed by atoms with van der Waals surface area (Å²) in [6.07, 6.45) is -2.00. The van der Waals surface area contributed by atoms with Crippen molar-refractivity contribution in [2.75, 3.05) is 7.11 Å². The van der Waals surface area contributed by atoms with Crippen LogP contribution in [0.3, 0.4) is 0 Å². The number of methoxy groups -OCH3 is 1. The molecule has 0 unspecified atom stereocenters. The second-order valence-corrected chi connectivity index (χ2v) is 6.53. The highest BCUT2D eigenvalue weighted by molar-refractivity contribution is 6.07. The number of ether oxygens (including phenoxy) is 2. The van der Waals surface area contributed by atoms with Gasteiger partial charge < -0.3 is 24.8 Å². The third-order valence-electron chi connectivity index (χ3n) is 4.69. The van der Waals surface area contributed by atoms with Crippen molar-refractivity contribution in [2.24, 2.45) is 0 Å². The van der Waals surface area contributed by atoms with Crippen molar-refractivity contribution in [1.82, 2.24) is 0 Å². The first-order chi connectivity index (χ1) is 11.6. The number of epoxide rings is 1. The average molecular weight is 352 g/mol. The molecule has 1 aliphatic heterocycles. The largest absolute Gasteiger partial charge is 0.497 e. The maximum Gasteiger partial charge on any atom is 0.225 e. The van der Waals surface area contributed by atoms with E-state index in [-0.39, 0.29) is 30.8 Å². The molecule has 7 nitrogen and oxygen atoms in total. The van der Waals surface area contributed by atoms with Gasteiger partial charge in [0.2, 0.25) is 5.79 Å². The summed E-state index contributed by atoms with van der Waals surface area (Å²) >= 11 is 0. The van der Waals surface area contributed by atoms with Crippen molar-refractivity contribution in [3.05, 3.63) is 29.8 Å². The fourth-order valence-corrected chi connectivity index (χ4v) is 2.62. The first-order valence-corrected chi connectivity index (χ1v) is 8.11. The summed E-state index contributed by atoms with van der Waals surface area (Å²) in [6, 6.07) is 6.48. The van der Waals surface area contributed by atoms with Gasteiger partial charge in [-0.2, -0.15) is 0 Å². The van der Waals surface area contributed by atoms with E-state index < -0.39 is 23.6 Å². The van der Waals surface area contributed by atoms with Crippen molar-refractivity contribution in [1.29, 1.82) is 0 Å². The molecule has 1 heterocycles. The van der Waals surface area contributed by atoms with E-state index in [1.165, 1.54) is 21.0 Å². The molecule has 138 valence electrons. The van der Waals surface area contributed by atoms with E-state index in [0.29, 0.717) is 11.3 Å². The number of Topliss-reactive ketones (excluding diaryl/α,β-unsaturated/α-hetero) is 2. The summed E-state index contributed by atoms with van der Waals surface area (Å²) in [6.45, 7) is 2.61. The van der Waals surface area contributed by atoms with Crippen molar-refractivity contribution >= 4 is 11.6 Å². The number of hydrogen-bond acceptors (Lipinski definition) is 7. The molecule has 4 atom stereocenters. The third-order valence-corrected chi connectivity index (χ3v) is 4.69. The minimum Gasteiger partial charge on any atom is -0.497 e. The van der Waals surface area contributed by atoms with Gasteiger partial charge in [0.05, 0.1) is 19.6 Å². The van der Waals surface area contributed by atoms with Crippen LogP contribution in [0.4, 0.5) is 0 Å². The van der Waals surface area contributed by atoms with Gasteiger partial charge in [0.1, 0.15) is 23.2 Å². The molecule has 0 spiro atoms. The van der Waals surface area contributed by atoms with Crippen LogP contribution in [0.25, 0.3) is 0 Å². The van der Waals surface area contributed by atoms with E-state index in [2.05, 4.69) is 0 Å².